The SMILES string of the molecule is Cc1ccc(CSc2nn3c([C@@H]([NH3+])CC(C)C)nnc3s2)cc1. The molecule has 0 aliphatic rings. The Balaban J connectivity index is 1.73. The zero-order chi connectivity index (χ0) is 16.4. The number of aryl methyl sites for hydroxylation is 1. The molecule has 7 heteroatoms. The maximum absolute atomic E-state index is 4.67. The maximum Gasteiger partial charge on any atom is 0.235 e. The lowest BCUT2D eigenvalue weighted by Gasteiger charge is -2.07. The molecular weight excluding hydrogens is 326 g/mol. The van der Waals surface area contributed by atoms with Crippen molar-refractivity contribution < 1.29 is 5.73 Å². The summed E-state index contributed by atoms with van der Waals surface area (Å²) in [6.07, 6.45) is 0.990. The lowest BCUT2D eigenvalue weighted by molar-refractivity contribution is -0.432. The fourth-order valence-corrected chi connectivity index (χ4v) is 4.27. The smallest absolute Gasteiger partial charge is 0.235 e. The first-order valence-electron chi connectivity index (χ1n) is 7.76. The lowest BCUT2D eigenvalue weighted by atomic mass is 10.0. The van der Waals surface area contributed by atoms with Gasteiger partial charge in [0.05, 0.1) is 0 Å². The van der Waals surface area contributed by atoms with Crippen LogP contribution in [-0.4, -0.2) is 19.8 Å². The topological polar surface area (TPSA) is 70.7 Å². The second kappa shape index (κ2) is 6.98. The van der Waals surface area contributed by atoms with Gasteiger partial charge in [0.25, 0.3) is 0 Å². The van der Waals surface area contributed by atoms with Gasteiger partial charge in [0, 0.05) is 12.2 Å². The van der Waals surface area contributed by atoms with Crippen LogP contribution >= 0.6 is 23.1 Å². The van der Waals surface area contributed by atoms with Crippen molar-refractivity contribution in [3.05, 3.63) is 41.2 Å². The Morgan fingerprint density at radius 1 is 1.22 bits per heavy atom. The molecule has 0 aliphatic heterocycles. The minimum Gasteiger partial charge on any atom is -0.349 e. The van der Waals surface area contributed by atoms with Crippen LogP contribution in [0.4, 0.5) is 0 Å². The number of nitrogens with zero attached hydrogens (tertiary/aromatic N) is 4. The van der Waals surface area contributed by atoms with E-state index >= 15 is 0 Å². The summed E-state index contributed by atoms with van der Waals surface area (Å²) in [7, 11) is 0. The quantitative estimate of drug-likeness (QED) is 0.695. The van der Waals surface area contributed by atoms with Gasteiger partial charge in [-0.05, 0) is 18.4 Å². The van der Waals surface area contributed by atoms with Gasteiger partial charge in [-0.25, -0.2) is 0 Å². The number of hydrogen-bond donors (Lipinski definition) is 1. The Bertz CT molecular complexity index is 775. The molecule has 0 saturated carbocycles. The molecule has 0 bridgehead atoms. The molecule has 2 heterocycles. The van der Waals surface area contributed by atoms with Crippen LogP contribution in [-0.2, 0) is 5.75 Å². The van der Waals surface area contributed by atoms with Gasteiger partial charge < -0.3 is 5.73 Å². The molecule has 23 heavy (non-hydrogen) atoms. The standard InChI is InChI=1S/C16H21N5S2/c1-10(2)8-13(17)14-18-19-15-21(14)20-16(23-15)22-9-12-6-4-11(3)5-7-12/h4-7,10,13H,8-9,17H2,1-3H3/p+1/t13-/m0/s1. The minimum absolute atomic E-state index is 0.127. The first-order chi connectivity index (χ1) is 11.0. The van der Waals surface area contributed by atoms with Gasteiger partial charge in [-0.15, -0.1) is 15.3 Å². The van der Waals surface area contributed by atoms with Crippen LogP contribution in [0.3, 0.4) is 0 Å². The van der Waals surface area contributed by atoms with E-state index < -0.39 is 0 Å². The summed E-state index contributed by atoms with van der Waals surface area (Å²) >= 11 is 3.33. The Kier molecular flexibility index (Phi) is 4.99. The van der Waals surface area contributed by atoms with Crippen molar-refractivity contribution in [1.29, 1.82) is 0 Å². The monoisotopic (exact) mass is 348 g/mol. The molecule has 1 atom stereocenters. The first kappa shape index (κ1) is 16.4. The molecule has 0 radical (unpaired) electrons. The third-order valence-corrected chi connectivity index (χ3v) is 5.70. The Hall–Kier alpha value is -1.44. The second-order valence-corrected chi connectivity index (χ2v) is 8.40. The number of rotatable bonds is 6. The number of aromatic nitrogens is 4. The van der Waals surface area contributed by atoms with Gasteiger partial charge in [-0.3, -0.25) is 0 Å². The van der Waals surface area contributed by atoms with Crippen molar-refractivity contribution in [3.63, 3.8) is 0 Å². The van der Waals surface area contributed by atoms with Gasteiger partial charge in [-0.1, -0.05) is 66.8 Å². The third-order valence-electron chi connectivity index (χ3n) is 3.60. The molecular formula is C16H22N5S2+. The fraction of sp³-hybridized carbons (Fsp3) is 0.438. The molecule has 0 saturated heterocycles. The zero-order valence-electron chi connectivity index (χ0n) is 13.7. The molecule has 0 amide bonds. The zero-order valence-corrected chi connectivity index (χ0v) is 15.3. The highest BCUT2D eigenvalue weighted by Gasteiger charge is 2.21. The van der Waals surface area contributed by atoms with E-state index in [-0.39, 0.29) is 6.04 Å². The van der Waals surface area contributed by atoms with Gasteiger partial charge in [0.2, 0.25) is 10.8 Å². The highest BCUT2D eigenvalue weighted by Crippen LogP contribution is 2.28. The van der Waals surface area contributed by atoms with Crippen molar-refractivity contribution in [1.82, 2.24) is 19.8 Å². The van der Waals surface area contributed by atoms with Crippen LogP contribution in [0, 0.1) is 12.8 Å². The van der Waals surface area contributed by atoms with Crippen LogP contribution in [0.5, 0.6) is 0 Å². The molecule has 0 aliphatic carbocycles. The summed E-state index contributed by atoms with van der Waals surface area (Å²) in [5.41, 5.74) is 6.81. The molecule has 2 aromatic heterocycles. The highest BCUT2D eigenvalue weighted by atomic mass is 32.2. The molecule has 1 aromatic carbocycles. The summed E-state index contributed by atoms with van der Waals surface area (Å²) in [4.78, 5) is 0.851. The number of quaternary nitrogens is 1. The van der Waals surface area contributed by atoms with Crippen molar-refractivity contribution in [3.8, 4) is 0 Å². The molecule has 122 valence electrons. The van der Waals surface area contributed by atoms with Crippen LogP contribution in [0.2, 0.25) is 0 Å². The average molecular weight is 349 g/mol. The number of benzene rings is 1. The molecule has 3 rings (SSSR count). The Morgan fingerprint density at radius 2 is 1.96 bits per heavy atom. The summed E-state index contributed by atoms with van der Waals surface area (Å²) in [6, 6.07) is 8.75. The molecule has 3 N–H and O–H groups in total. The van der Waals surface area contributed by atoms with Crippen LogP contribution < -0.4 is 5.73 Å². The maximum atomic E-state index is 4.67. The van der Waals surface area contributed by atoms with Crippen molar-refractivity contribution in [2.24, 2.45) is 5.92 Å². The van der Waals surface area contributed by atoms with Gasteiger partial charge in [0.15, 0.2) is 4.34 Å². The second-order valence-electron chi connectivity index (χ2n) is 6.22. The van der Waals surface area contributed by atoms with E-state index in [4.69, 9.17) is 0 Å². The van der Waals surface area contributed by atoms with Crippen LogP contribution in [0.1, 0.15) is 43.3 Å². The molecule has 3 aromatic rings. The van der Waals surface area contributed by atoms with E-state index in [2.05, 4.69) is 66.1 Å². The first-order valence-corrected chi connectivity index (χ1v) is 9.56. The molecule has 0 unspecified atom stereocenters. The predicted molar refractivity (Wildman–Crippen MR) is 94.5 cm³/mol. The largest absolute Gasteiger partial charge is 0.349 e. The van der Waals surface area contributed by atoms with Gasteiger partial charge >= 0.3 is 0 Å². The Labute approximate surface area is 144 Å². The molecule has 5 nitrogen and oxygen atoms in total. The van der Waals surface area contributed by atoms with E-state index in [0.717, 1.165) is 27.3 Å². The van der Waals surface area contributed by atoms with Crippen molar-refractivity contribution in [2.45, 2.75) is 43.3 Å². The number of thioether (sulfide) groups is 1. The van der Waals surface area contributed by atoms with Crippen LogP contribution in [0.15, 0.2) is 28.6 Å². The number of fused-ring (bicyclic) bond motifs is 1. The average Bonchev–Trinajstić information content (AvgIpc) is 3.05. The highest BCUT2D eigenvalue weighted by molar-refractivity contribution is 8.00. The summed E-state index contributed by atoms with van der Waals surface area (Å²) < 4.78 is 2.89. The summed E-state index contributed by atoms with van der Waals surface area (Å²) in [6.45, 7) is 6.49. The van der Waals surface area contributed by atoms with E-state index in [1.807, 2.05) is 4.52 Å². The van der Waals surface area contributed by atoms with Crippen molar-refractivity contribution >= 4 is 28.1 Å². The Morgan fingerprint density at radius 3 is 2.65 bits per heavy atom. The minimum atomic E-state index is 0.127. The fourth-order valence-electron chi connectivity index (χ4n) is 2.43. The van der Waals surface area contributed by atoms with Gasteiger partial charge in [0.1, 0.15) is 6.04 Å². The molecule has 0 spiro atoms. The summed E-state index contributed by atoms with van der Waals surface area (Å²) in [5.74, 6) is 2.37. The lowest BCUT2D eigenvalue weighted by Crippen LogP contribution is -2.54. The number of hydrogen-bond acceptors (Lipinski definition) is 5. The van der Waals surface area contributed by atoms with Gasteiger partial charge in [-0.2, -0.15) is 4.52 Å². The van der Waals surface area contributed by atoms with E-state index in [9.17, 15) is 0 Å². The third kappa shape index (κ3) is 3.91. The van der Waals surface area contributed by atoms with E-state index in [0.29, 0.717) is 5.92 Å². The normalized spacial score (nSPS) is 13.1. The molecule has 0 fully saturated rings. The van der Waals surface area contributed by atoms with E-state index in [1.54, 1.807) is 23.1 Å². The summed E-state index contributed by atoms with van der Waals surface area (Å²) in [5, 5.41) is 13.2. The van der Waals surface area contributed by atoms with Crippen molar-refractivity contribution in [2.75, 3.05) is 0 Å². The van der Waals surface area contributed by atoms with Crippen LogP contribution in [0.25, 0.3) is 4.96 Å². The van der Waals surface area contributed by atoms with E-state index in [1.165, 1.54) is 11.1 Å². The predicted octanol–water partition coefficient (Wildman–Crippen LogP) is 3.12.